The topological polar surface area (TPSA) is 177 Å². The fourth-order valence-electron chi connectivity index (χ4n) is 7.18. The number of H-pyrrole nitrogens is 1. The molecule has 7 rings (SSSR count). The van der Waals surface area contributed by atoms with Gasteiger partial charge in [0.15, 0.2) is 9.19 Å². The molecule has 0 radical (unpaired) electrons. The summed E-state index contributed by atoms with van der Waals surface area (Å²) in [5.74, 6) is -0.381. The van der Waals surface area contributed by atoms with E-state index in [9.17, 15) is 24.6 Å². The number of likely N-dealkylation sites (tertiary alicyclic amines) is 2. The van der Waals surface area contributed by atoms with E-state index in [4.69, 9.17) is 0 Å². The van der Waals surface area contributed by atoms with E-state index < -0.39 is 21.1 Å². The normalized spacial score (nSPS) is 18.7. The quantitative estimate of drug-likeness (QED) is 0.0685. The molecule has 2 aliphatic rings. The van der Waals surface area contributed by atoms with Crippen molar-refractivity contribution in [1.29, 1.82) is 0 Å². The number of phenols is 1. The fraction of sp³-hybridized carbons (Fsp3) is 0.400. The number of fused-ring (bicyclic) bond motifs is 1. The molecule has 5 heterocycles. The van der Waals surface area contributed by atoms with Crippen LogP contribution in [-0.2, 0) is 20.9 Å². The lowest BCUT2D eigenvalue weighted by Crippen LogP contribution is -2.63. The molecule has 0 aliphatic carbocycles. The number of aliphatic hydroxyl groups excluding tert-OH is 1. The van der Waals surface area contributed by atoms with E-state index >= 15 is 0 Å². The van der Waals surface area contributed by atoms with Gasteiger partial charge in [-0.15, -0.1) is 21.5 Å². The summed E-state index contributed by atoms with van der Waals surface area (Å²) in [6.45, 7) is 9.51. The Kier molecular flexibility index (Phi) is 11.0. The second-order valence-electron chi connectivity index (χ2n) is 15.4. The van der Waals surface area contributed by atoms with Crippen LogP contribution >= 0.6 is 33.9 Å². The number of rotatable bonds is 11. The van der Waals surface area contributed by atoms with E-state index in [0.717, 1.165) is 32.8 Å². The summed E-state index contributed by atoms with van der Waals surface area (Å²) >= 11 is 3.70. The minimum atomic E-state index is -1.16. The molecule has 2 aliphatic heterocycles. The molecule has 2 fully saturated rings. The Morgan fingerprint density at radius 1 is 1.04 bits per heavy atom. The Hall–Kier alpha value is -4.45. The second kappa shape index (κ2) is 15.6. The number of aryl methyl sites for hydroxylation is 1. The lowest BCUT2D eigenvalue weighted by molar-refractivity contribution is -0.143. The highest BCUT2D eigenvalue weighted by atomic mass is 127. The van der Waals surface area contributed by atoms with Crippen LogP contribution in [0.1, 0.15) is 56.5 Å². The molecule has 3 atom stereocenters. The van der Waals surface area contributed by atoms with Crippen LogP contribution in [0.3, 0.4) is 0 Å². The molecule has 13 nitrogen and oxygen atoms in total. The number of phenolic OH excluding ortho intramolecular Hbond substituents is 1. The number of hydrogen-bond acceptors (Lipinski definition) is 10. The Labute approximate surface area is 337 Å². The number of aromatic hydroxyl groups is 1. The predicted molar refractivity (Wildman–Crippen MR) is 219 cm³/mol. The molecule has 5 N–H and O–H groups in total. The Bertz CT molecular complexity index is 2210. The number of benzene rings is 2. The SMILES string of the molecule is Cc1ncsc1-c1ccc(CNC(=O)[C@@H]2C[C@@H](O)CN2C(=O)C(I)(NCCC(=O)N2CC(c3cc4cc(-c5ccccc5O)nnc4[nH]3)C2)C(C)(C)C)cc1. The van der Waals surface area contributed by atoms with Crippen molar-refractivity contribution in [3.8, 4) is 27.4 Å². The lowest BCUT2D eigenvalue weighted by Gasteiger charge is -2.43. The summed E-state index contributed by atoms with van der Waals surface area (Å²) in [5, 5.41) is 36.7. The first-order valence-electron chi connectivity index (χ1n) is 18.3. The molecule has 3 amide bonds. The number of β-amino-alcohol motifs (C(OH)–C–C–N with tert-alkyl or cyclic N) is 1. The van der Waals surface area contributed by atoms with Crippen molar-refractivity contribution in [2.45, 2.75) is 68.7 Å². The molecule has 288 valence electrons. The summed E-state index contributed by atoms with van der Waals surface area (Å²) in [6, 6.07) is 18.0. The number of hydrogen-bond donors (Lipinski definition) is 5. The number of para-hydroxylation sites is 1. The molecular weight excluding hydrogens is 831 g/mol. The van der Waals surface area contributed by atoms with E-state index in [0.29, 0.717) is 30.0 Å². The van der Waals surface area contributed by atoms with Crippen LogP contribution in [0.4, 0.5) is 0 Å². The summed E-state index contributed by atoms with van der Waals surface area (Å²) < 4.78 is -1.16. The maximum Gasteiger partial charge on any atom is 0.254 e. The molecule has 5 aromatic rings. The van der Waals surface area contributed by atoms with Crippen molar-refractivity contribution in [2.75, 3.05) is 26.2 Å². The van der Waals surface area contributed by atoms with Crippen LogP contribution < -0.4 is 10.6 Å². The molecule has 1 unspecified atom stereocenters. The minimum Gasteiger partial charge on any atom is -0.507 e. The number of aromatic amines is 1. The number of nitrogens with one attached hydrogen (secondary N) is 3. The second-order valence-corrected chi connectivity index (χ2v) is 17.9. The minimum absolute atomic E-state index is 0.0225. The van der Waals surface area contributed by atoms with Crippen molar-refractivity contribution in [1.82, 2.24) is 40.6 Å². The highest BCUT2D eigenvalue weighted by molar-refractivity contribution is 14.1. The maximum atomic E-state index is 14.3. The molecule has 0 bridgehead atoms. The van der Waals surface area contributed by atoms with Gasteiger partial charge in [-0.1, -0.05) is 79.8 Å². The first-order valence-corrected chi connectivity index (χ1v) is 20.3. The van der Waals surface area contributed by atoms with Gasteiger partial charge >= 0.3 is 0 Å². The zero-order chi connectivity index (χ0) is 39.1. The standard InChI is InChI=1S/C40H45IN8O5S/c1-23-35(55-22-43-23)25-11-9-24(10-12-25)18-42-37(53)32-17-28(50)21-49(32)38(54)40(41,39(2,3)4)44-14-13-34(52)48-19-27(20-48)30-15-26-16-31(46-47-36(26)45-30)29-7-5-6-8-33(29)51/h5-12,15-16,22,27-28,32,44,50-51H,13-14,17-21H2,1-4H3,(H,42,53)(H,45,47)/t28-,32+,40?/m1/s1. The number of carbonyl (C=O) groups is 3. The van der Waals surface area contributed by atoms with E-state index in [1.54, 1.807) is 34.4 Å². The number of carbonyl (C=O) groups excluding carboxylic acids is 3. The zero-order valence-electron chi connectivity index (χ0n) is 31.2. The van der Waals surface area contributed by atoms with Crippen LogP contribution in [0.5, 0.6) is 5.75 Å². The number of aliphatic hydroxyl groups is 1. The van der Waals surface area contributed by atoms with Gasteiger partial charge in [-0.3, -0.25) is 19.7 Å². The van der Waals surface area contributed by atoms with E-state index in [-0.39, 0.29) is 61.9 Å². The van der Waals surface area contributed by atoms with Gasteiger partial charge in [0.2, 0.25) is 11.8 Å². The highest BCUT2D eigenvalue weighted by Gasteiger charge is 2.52. The third kappa shape index (κ3) is 7.97. The number of alkyl halides is 1. The average Bonchev–Trinajstić information content (AvgIpc) is 3.87. The summed E-state index contributed by atoms with van der Waals surface area (Å²) in [6.07, 6.45) is -0.490. The monoisotopic (exact) mass is 876 g/mol. The fourth-order valence-corrected chi connectivity index (χ4v) is 8.57. The molecule has 15 heteroatoms. The summed E-state index contributed by atoms with van der Waals surface area (Å²) in [4.78, 5) is 53.2. The molecule has 55 heavy (non-hydrogen) atoms. The Balaban J connectivity index is 0.931. The molecule has 2 saturated heterocycles. The molecule has 0 spiro atoms. The van der Waals surface area contributed by atoms with Gasteiger partial charge < -0.3 is 30.3 Å². The van der Waals surface area contributed by atoms with Gasteiger partial charge in [-0.2, -0.15) is 0 Å². The van der Waals surface area contributed by atoms with Gasteiger partial charge in [0.25, 0.3) is 5.91 Å². The number of nitrogens with zero attached hydrogens (tertiary/aromatic N) is 5. The van der Waals surface area contributed by atoms with Crippen molar-refractivity contribution in [3.63, 3.8) is 0 Å². The third-order valence-electron chi connectivity index (χ3n) is 10.6. The van der Waals surface area contributed by atoms with Crippen molar-refractivity contribution in [2.24, 2.45) is 5.41 Å². The van der Waals surface area contributed by atoms with Gasteiger partial charge in [-0.25, -0.2) is 4.98 Å². The van der Waals surface area contributed by atoms with E-state index in [1.165, 1.54) is 4.90 Å². The van der Waals surface area contributed by atoms with Crippen molar-refractivity contribution < 1.29 is 24.6 Å². The smallest absolute Gasteiger partial charge is 0.254 e. The number of amides is 3. The van der Waals surface area contributed by atoms with Crippen LogP contribution in [0.25, 0.3) is 32.7 Å². The highest BCUT2D eigenvalue weighted by Crippen LogP contribution is 2.40. The van der Waals surface area contributed by atoms with Crippen LogP contribution in [-0.4, -0.2) is 99.8 Å². The zero-order valence-corrected chi connectivity index (χ0v) is 34.1. The summed E-state index contributed by atoms with van der Waals surface area (Å²) in [5.41, 5.74) is 6.99. The number of halogens is 1. The first-order chi connectivity index (χ1) is 26.2. The summed E-state index contributed by atoms with van der Waals surface area (Å²) in [7, 11) is 0. The lowest BCUT2D eigenvalue weighted by atomic mass is 9.85. The van der Waals surface area contributed by atoms with Gasteiger partial charge in [0.05, 0.1) is 27.9 Å². The van der Waals surface area contributed by atoms with E-state index in [1.807, 2.05) is 75.7 Å². The molecular formula is C40H45IN8O5S. The van der Waals surface area contributed by atoms with Crippen LogP contribution in [0.2, 0.25) is 0 Å². The average molecular weight is 877 g/mol. The van der Waals surface area contributed by atoms with E-state index in [2.05, 4.69) is 53.4 Å². The van der Waals surface area contributed by atoms with Crippen molar-refractivity contribution in [3.05, 3.63) is 83.1 Å². The Morgan fingerprint density at radius 2 is 1.78 bits per heavy atom. The van der Waals surface area contributed by atoms with Crippen LogP contribution in [0.15, 0.2) is 66.2 Å². The van der Waals surface area contributed by atoms with Gasteiger partial charge in [0, 0.05) is 68.1 Å². The molecule has 0 saturated carbocycles. The molecule has 3 aromatic heterocycles. The number of thiazole rings is 1. The van der Waals surface area contributed by atoms with Gasteiger partial charge in [0.1, 0.15) is 11.8 Å². The molecule has 2 aromatic carbocycles. The third-order valence-corrected chi connectivity index (χ3v) is 14.0. The largest absolute Gasteiger partial charge is 0.507 e. The van der Waals surface area contributed by atoms with Crippen molar-refractivity contribution >= 4 is 62.7 Å². The van der Waals surface area contributed by atoms with Crippen LogP contribution in [0, 0.1) is 12.3 Å². The number of aromatic nitrogens is 4. The maximum absolute atomic E-state index is 14.3. The Morgan fingerprint density at radius 3 is 2.47 bits per heavy atom. The van der Waals surface area contributed by atoms with Gasteiger partial charge in [-0.05, 0) is 47.7 Å². The first kappa shape index (κ1) is 38.8. The predicted octanol–water partition coefficient (Wildman–Crippen LogP) is 5.12.